The number of benzene rings is 1. The fraction of sp³-hybridized carbons (Fsp3) is 0.667. The van der Waals surface area contributed by atoms with E-state index in [4.69, 9.17) is 14.2 Å². The molecule has 0 aromatic heterocycles. The maximum atomic E-state index is 5.81. The molecule has 1 aromatic carbocycles. The van der Waals surface area contributed by atoms with Gasteiger partial charge in [-0.3, -0.25) is 4.99 Å². The lowest BCUT2D eigenvalue weighted by Crippen LogP contribution is -2.38. The number of nitrogens with one attached hydrogen (secondary N) is 2. The van der Waals surface area contributed by atoms with Crippen LogP contribution in [0.3, 0.4) is 0 Å². The molecule has 1 saturated heterocycles. The van der Waals surface area contributed by atoms with Crippen LogP contribution in [0, 0.1) is 12.8 Å². The molecule has 0 radical (unpaired) electrons. The third-order valence-electron chi connectivity index (χ3n) is 4.40. The molecule has 7 heteroatoms. The maximum Gasteiger partial charge on any atom is 0.191 e. The van der Waals surface area contributed by atoms with Crippen molar-refractivity contribution in [2.75, 3.05) is 52.7 Å². The fourth-order valence-electron chi connectivity index (χ4n) is 2.84. The molecule has 0 bridgehead atoms. The van der Waals surface area contributed by atoms with E-state index in [1.165, 1.54) is 5.56 Å². The van der Waals surface area contributed by atoms with Crippen molar-refractivity contribution in [3.8, 4) is 5.75 Å². The topological polar surface area (TPSA) is 64.1 Å². The quantitative estimate of drug-likeness (QED) is 0.198. The highest BCUT2D eigenvalue weighted by Crippen LogP contribution is 2.16. The van der Waals surface area contributed by atoms with Gasteiger partial charge in [-0.05, 0) is 38.3 Å². The summed E-state index contributed by atoms with van der Waals surface area (Å²) in [5.74, 6) is 2.40. The normalized spacial score (nSPS) is 16.5. The van der Waals surface area contributed by atoms with Crippen LogP contribution in [0.15, 0.2) is 29.3 Å². The third kappa shape index (κ3) is 10.5. The van der Waals surface area contributed by atoms with Gasteiger partial charge in [0.1, 0.15) is 5.75 Å². The van der Waals surface area contributed by atoms with Gasteiger partial charge in [-0.15, -0.1) is 24.0 Å². The largest absolute Gasteiger partial charge is 0.493 e. The molecule has 6 nitrogen and oxygen atoms in total. The van der Waals surface area contributed by atoms with Crippen LogP contribution in [-0.2, 0) is 9.47 Å². The average Bonchev–Trinajstić information content (AvgIpc) is 3.19. The molecular formula is C21H36IN3O3. The van der Waals surface area contributed by atoms with E-state index in [0.717, 1.165) is 77.0 Å². The molecule has 0 aliphatic carbocycles. The van der Waals surface area contributed by atoms with Crippen LogP contribution >= 0.6 is 24.0 Å². The van der Waals surface area contributed by atoms with E-state index in [9.17, 15) is 0 Å². The Morgan fingerprint density at radius 1 is 1.21 bits per heavy atom. The number of guanidine groups is 1. The zero-order valence-electron chi connectivity index (χ0n) is 17.2. The minimum absolute atomic E-state index is 0. The van der Waals surface area contributed by atoms with Gasteiger partial charge in [0.15, 0.2) is 5.96 Å². The first-order valence-corrected chi connectivity index (χ1v) is 10.2. The minimum atomic E-state index is 0. The highest BCUT2D eigenvalue weighted by atomic mass is 127. The van der Waals surface area contributed by atoms with Crippen molar-refractivity contribution in [3.05, 3.63) is 29.8 Å². The van der Waals surface area contributed by atoms with E-state index in [1.807, 2.05) is 18.2 Å². The summed E-state index contributed by atoms with van der Waals surface area (Å²) in [5.41, 5.74) is 1.17. The third-order valence-corrected chi connectivity index (χ3v) is 4.40. The number of halogens is 1. The molecule has 0 amide bonds. The average molecular weight is 505 g/mol. The molecule has 1 aliphatic heterocycles. The summed E-state index contributed by atoms with van der Waals surface area (Å²) in [6.45, 7) is 10.6. The predicted molar refractivity (Wildman–Crippen MR) is 125 cm³/mol. The number of hydrogen-bond acceptors (Lipinski definition) is 4. The molecule has 1 fully saturated rings. The maximum absolute atomic E-state index is 5.81. The zero-order chi connectivity index (χ0) is 19.2. The van der Waals surface area contributed by atoms with Gasteiger partial charge in [-0.25, -0.2) is 0 Å². The van der Waals surface area contributed by atoms with E-state index in [-0.39, 0.29) is 24.0 Å². The first-order valence-electron chi connectivity index (χ1n) is 10.2. The van der Waals surface area contributed by atoms with Crippen LogP contribution < -0.4 is 15.4 Å². The summed E-state index contributed by atoms with van der Waals surface area (Å²) >= 11 is 0. The fourth-order valence-corrected chi connectivity index (χ4v) is 2.84. The van der Waals surface area contributed by atoms with Crippen LogP contribution in [0.25, 0.3) is 0 Å². The summed E-state index contributed by atoms with van der Waals surface area (Å²) in [5, 5.41) is 6.64. The van der Waals surface area contributed by atoms with Crippen molar-refractivity contribution in [3.63, 3.8) is 0 Å². The summed E-state index contributed by atoms with van der Waals surface area (Å²) < 4.78 is 16.9. The van der Waals surface area contributed by atoms with Crippen LogP contribution in [0.1, 0.15) is 31.7 Å². The second-order valence-electron chi connectivity index (χ2n) is 6.81. The molecule has 160 valence electrons. The number of aliphatic imine (C=N–C) groups is 1. The van der Waals surface area contributed by atoms with Gasteiger partial charge in [0.25, 0.3) is 0 Å². The lowest BCUT2D eigenvalue weighted by molar-refractivity contribution is 0.0888. The van der Waals surface area contributed by atoms with Crippen molar-refractivity contribution in [1.29, 1.82) is 0 Å². The summed E-state index contributed by atoms with van der Waals surface area (Å²) in [7, 11) is 0. The van der Waals surface area contributed by atoms with Crippen molar-refractivity contribution >= 4 is 29.9 Å². The second kappa shape index (κ2) is 15.8. The van der Waals surface area contributed by atoms with E-state index < -0.39 is 0 Å². The zero-order valence-corrected chi connectivity index (χ0v) is 19.6. The first-order chi connectivity index (χ1) is 13.3. The molecule has 1 atom stereocenters. The summed E-state index contributed by atoms with van der Waals surface area (Å²) in [6.07, 6.45) is 2.98. The van der Waals surface area contributed by atoms with Gasteiger partial charge in [0.05, 0.1) is 19.8 Å². The molecule has 1 unspecified atom stereocenters. The lowest BCUT2D eigenvalue weighted by Gasteiger charge is -2.12. The first kappa shape index (κ1) is 25.0. The van der Waals surface area contributed by atoms with Crippen molar-refractivity contribution in [2.24, 2.45) is 10.9 Å². The standard InChI is InChI=1S/C21H35N3O3.HI/c1-3-22-21(23-11-6-13-25-16-19-10-15-26-17-19)24-12-7-14-27-20-9-5-4-8-18(20)2;/h4-5,8-9,19H,3,6-7,10-17H2,1-2H3,(H2,22,23,24);1H. The number of nitrogens with zero attached hydrogens (tertiary/aromatic N) is 1. The Balaban J connectivity index is 0.00000392. The van der Waals surface area contributed by atoms with Crippen molar-refractivity contribution in [2.45, 2.75) is 33.1 Å². The van der Waals surface area contributed by atoms with Gasteiger partial charge in [0.2, 0.25) is 0 Å². The Morgan fingerprint density at radius 2 is 2.07 bits per heavy atom. The highest BCUT2D eigenvalue weighted by molar-refractivity contribution is 14.0. The Morgan fingerprint density at radius 3 is 2.82 bits per heavy atom. The second-order valence-corrected chi connectivity index (χ2v) is 6.81. The smallest absolute Gasteiger partial charge is 0.191 e. The molecule has 1 aliphatic rings. The number of ether oxygens (including phenoxy) is 3. The lowest BCUT2D eigenvalue weighted by atomic mass is 10.1. The summed E-state index contributed by atoms with van der Waals surface area (Å²) in [6, 6.07) is 8.09. The van der Waals surface area contributed by atoms with Crippen LogP contribution in [-0.4, -0.2) is 58.6 Å². The van der Waals surface area contributed by atoms with E-state index >= 15 is 0 Å². The molecule has 2 N–H and O–H groups in total. The van der Waals surface area contributed by atoms with Crippen LogP contribution in [0.4, 0.5) is 0 Å². The van der Waals surface area contributed by atoms with E-state index in [1.54, 1.807) is 0 Å². The molecular weight excluding hydrogens is 469 g/mol. The van der Waals surface area contributed by atoms with Gasteiger partial charge in [0, 0.05) is 45.2 Å². The van der Waals surface area contributed by atoms with Crippen LogP contribution in [0.2, 0.25) is 0 Å². The Bertz CT molecular complexity index is 551. The van der Waals surface area contributed by atoms with Gasteiger partial charge < -0.3 is 24.8 Å². The predicted octanol–water partition coefficient (Wildman–Crippen LogP) is 3.38. The van der Waals surface area contributed by atoms with E-state index in [2.05, 4.69) is 35.5 Å². The molecule has 1 aromatic rings. The van der Waals surface area contributed by atoms with Crippen molar-refractivity contribution in [1.82, 2.24) is 10.6 Å². The molecule has 2 rings (SSSR count). The molecule has 28 heavy (non-hydrogen) atoms. The van der Waals surface area contributed by atoms with Gasteiger partial charge in [-0.1, -0.05) is 18.2 Å². The SMILES string of the molecule is CCNC(=NCCCOc1ccccc1C)NCCCOCC1CCOC1.I. The highest BCUT2D eigenvalue weighted by Gasteiger charge is 2.15. The molecule has 0 spiro atoms. The number of rotatable bonds is 12. The molecule has 1 heterocycles. The Labute approximate surface area is 186 Å². The van der Waals surface area contributed by atoms with Gasteiger partial charge >= 0.3 is 0 Å². The number of para-hydroxylation sites is 1. The Kier molecular flexibility index (Phi) is 14.1. The number of hydrogen-bond donors (Lipinski definition) is 2. The minimum Gasteiger partial charge on any atom is -0.493 e. The molecule has 0 saturated carbocycles. The Hall–Kier alpha value is -1.06. The monoisotopic (exact) mass is 505 g/mol. The van der Waals surface area contributed by atoms with Crippen LogP contribution in [0.5, 0.6) is 5.75 Å². The number of aryl methyl sites for hydroxylation is 1. The van der Waals surface area contributed by atoms with E-state index in [0.29, 0.717) is 12.5 Å². The van der Waals surface area contributed by atoms with Crippen molar-refractivity contribution < 1.29 is 14.2 Å². The summed E-state index contributed by atoms with van der Waals surface area (Å²) in [4.78, 5) is 4.60. The van der Waals surface area contributed by atoms with Gasteiger partial charge in [-0.2, -0.15) is 0 Å².